The minimum absolute atomic E-state index is 0.0234. The van der Waals surface area contributed by atoms with Gasteiger partial charge in [-0.1, -0.05) is 5.21 Å². The van der Waals surface area contributed by atoms with Crippen LogP contribution in [-0.4, -0.2) is 38.8 Å². The van der Waals surface area contributed by atoms with Gasteiger partial charge in [-0.25, -0.2) is 17.9 Å². The van der Waals surface area contributed by atoms with Crippen molar-refractivity contribution < 1.29 is 27.8 Å². The summed E-state index contributed by atoms with van der Waals surface area (Å²) in [6, 6.07) is 1.09. The molecule has 1 aromatic heterocycles. The molecule has 0 saturated carbocycles. The van der Waals surface area contributed by atoms with E-state index in [9.17, 15) is 23.1 Å². The predicted octanol–water partition coefficient (Wildman–Crippen LogP) is 1.68. The molecular weight excluding hydrogens is 315 g/mol. The first-order valence-corrected chi connectivity index (χ1v) is 6.79. The van der Waals surface area contributed by atoms with E-state index in [1.165, 1.54) is 10.9 Å². The minimum Gasteiger partial charge on any atom is -0.466 e. The van der Waals surface area contributed by atoms with E-state index in [4.69, 9.17) is 4.74 Å². The number of carbonyl (C=O) groups excluding carboxylic acids is 1. The maximum Gasteiger partial charge on any atom is 0.308 e. The van der Waals surface area contributed by atoms with E-state index in [2.05, 4.69) is 10.3 Å². The van der Waals surface area contributed by atoms with Crippen molar-refractivity contribution in [1.82, 2.24) is 15.0 Å². The second-order valence-corrected chi connectivity index (χ2v) is 4.73. The normalized spacial score (nSPS) is 12.2. The number of hydrogen-bond acceptors (Lipinski definition) is 5. The fourth-order valence-electron chi connectivity index (χ4n) is 1.92. The van der Waals surface area contributed by atoms with Crippen LogP contribution >= 0.6 is 0 Å². The molecule has 124 valence electrons. The minimum atomic E-state index is -1.30. The average Bonchev–Trinajstić information content (AvgIpc) is 2.91. The molecule has 0 amide bonds. The number of esters is 1. The van der Waals surface area contributed by atoms with E-state index in [1.807, 2.05) is 0 Å². The molecule has 1 N–H and O–H groups in total. The Balaban J connectivity index is 2.09. The Labute approximate surface area is 129 Å². The number of ether oxygens (including phenoxy) is 1. The van der Waals surface area contributed by atoms with Gasteiger partial charge in [0.15, 0.2) is 11.6 Å². The molecule has 6 nitrogen and oxygen atoms in total. The SMILES string of the molecule is CCOC(=O)C[C@@H](O)Cn1cc(-c2cc(F)c(F)cc2F)nn1. The van der Waals surface area contributed by atoms with Gasteiger partial charge in [-0.15, -0.1) is 5.10 Å². The summed E-state index contributed by atoms with van der Waals surface area (Å²) in [4.78, 5) is 11.2. The molecule has 0 aliphatic rings. The Bertz CT molecular complexity index is 706. The lowest BCUT2D eigenvalue weighted by molar-refractivity contribution is -0.145. The first-order chi connectivity index (χ1) is 10.9. The molecule has 1 aromatic carbocycles. The molecule has 1 heterocycles. The van der Waals surface area contributed by atoms with Crippen molar-refractivity contribution in [3.63, 3.8) is 0 Å². The first-order valence-electron chi connectivity index (χ1n) is 6.79. The summed E-state index contributed by atoms with van der Waals surface area (Å²) in [5.74, 6) is -4.06. The Morgan fingerprint density at radius 2 is 2.00 bits per heavy atom. The van der Waals surface area contributed by atoms with Crippen LogP contribution in [0.25, 0.3) is 11.3 Å². The number of nitrogens with zero attached hydrogens (tertiary/aromatic N) is 3. The molecule has 23 heavy (non-hydrogen) atoms. The molecule has 1 atom stereocenters. The lowest BCUT2D eigenvalue weighted by Gasteiger charge is -2.09. The molecule has 0 aliphatic carbocycles. The van der Waals surface area contributed by atoms with Gasteiger partial charge in [-0.2, -0.15) is 0 Å². The van der Waals surface area contributed by atoms with E-state index in [-0.39, 0.29) is 30.8 Å². The molecule has 0 unspecified atom stereocenters. The number of rotatable bonds is 6. The molecule has 0 aliphatic heterocycles. The maximum absolute atomic E-state index is 13.7. The number of halogens is 3. The van der Waals surface area contributed by atoms with E-state index >= 15 is 0 Å². The van der Waals surface area contributed by atoms with Gasteiger partial charge in [-0.05, 0) is 13.0 Å². The van der Waals surface area contributed by atoms with Gasteiger partial charge >= 0.3 is 5.97 Å². The number of aliphatic hydroxyl groups is 1. The molecule has 9 heteroatoms. The van der Waals surface area contributed by atoms with Crippen LogP contribution in [-0.2, 0) is 16.1 Å². The third kappa shape index (κ3) is 4.28. The molecular formula is C14H14F3N3O3. The van der Waals surface area contributed by atoms with Crippen LogP contribution in [0.3, 0.4) is 0 Å². The van der Waals surface area contributed by atoms with Crippen LogP contribution < -0.4 is 0 Å². The van der Waals surface area contributed by atoms with Crippen LogP contribution in [0.1, 0.15) is 13.3 Å². The lowest BCUT2D eigenvalue weighted by atomic mass is 10.1. The van der Waals surface area contributed by atoms with Crippen LogP contribution in [0.4, 0.5) is 13.2 Å². The third-order valence-corrected chi connectivity index (χ3v) is 2.93. The largest absolute Gasteiger partial charge is 0.466 e. The fraction of sp³-hybridized carbons (Fsp3) is 0.357. The second-order valence-electron chi connectivity index (χ2n) is 4.73. The Morgan fingerprint density at radius 3 is 2.70 bits per heavy atom. The Kier molecular flexibility index (Phi) is 5.32. The average molecular weight is 329 g/mol. The molecule has 0 bridgehead atoms. The quantitative estimate of drug-likeness (QED) is 0.644. The Morgan fingerprint density at radius 1 is 1.30 bits per heavy atom. The highest BCUT2D eigenvalue weighted by Gasteiger charge is 2.17. The van der Waals surface area contributed by atoms with E-state index in [0.717, 1.165) is 0 Å². The van der Waals surface area contributed by atoms with E-state index in [0.29, 0.717) is 12.1 Å². The monoisotopic (exact) mass is 329 g/mol. The van der Waals surface area contributed by atoms with Crippen molar-refractivity contribution in [2.45, 2.75) is 26.0 Å². The predicted molar refractivity (Wildman–Crippen MR) is 72.6 cm³/mol. The zero-order valence-corrected chi connectivity index (χ0v) is 12.2. The van der Waals surface area contributed by atoms with Crippen molar-refractivity contribution in [3.05, 3.63) is 35.8 Å². The fourth-order valence-corrected chi connectivity index (χ4v) is 1.92. The van der Waals surface area contributed by atoms with Crippen LogP contribution in [0.15, 0.2) is 18.3 Å². The summed E-state index contributed by atoms with van der Waals surface area (Å²) in [6.45, 7) is 1.76. The topological polar surface area (TPSA) is 77.2 Å². The van der Waals surface area contributed by atoms with Gasteiger partial charge in [0.25, 0.3) is 0 Å². The highest BCUT2D eigenvalue weighted by Crippen LogP contribution is 2.23. The van der Waals surface area contributed by atoms with Crippen LogP contribution in [0.2, 0.25) is 0 Å². The highest BCUT2D eigenvalue weighted by atomic mass is 19.2. The number of aliphatic hydroxyl groups excluding tert-OH is 1. The van der Waals surface area contributed by atoms with E-state index < -0.39 is 29.5 Å². The number of benzene rings is 1. The molecule has 0 radical (unpaired) electrons. The van der Waals surface area contributed by atoms with Gasteiger partial charge in [0.05, 0.1) is 31.9 Å². The van der Waals surface area contributed by atoms with Crippen LogP contribution in [0, 0.1) is 17.5 Å². The maximum atomic E-state index is 13.7. The van der Waals surface area contributed by atoms with Crippen molar-refractivity contribution in [1.29, 1.82) is 0 Å². The summed E-state index contributed by atoms with van der Waals surface area (Å²) in [6.07, 6.45) is -0.0504. The smallest absolute Gasteiger partial charge is 0.308 e. The number of hydrogen-bond donors (Lipinski definition) is 1. The van der Waals surface area contributed by atoms with Crippen molar-refractivity contribution in [2.24, 2.45) is 0 Å². The van der Waals surface area contributed by atoms with E-state index in [1.54, 1.807) is 6.92 Å². The standard InChI is InChI=1S/C14H14F3N3O3/c1-2-23-14(22)3-8(21)6-20-7-13(18-19-20)9-4-11(16)12(17)5-10(9)15/h4-5,7-8,21H,2-3,6H2,1H3/t8-/m1/s1. The van der Waals surface area contributed by atoms with Gasteiger partial charge in [0, 0.05) is 11.6 Å². The lowest BCUT2D eigenvalue weighted by Crippen LogP contribution is -2.21. The van der Waals surface area contributed by atoms with Gasteiger partial charge in [-0.3, -0.25) is 4.79 Å². The van der Waals surface area contributed by atoms with Crippen molar-refractivity contribution in [3.8, 4) is 11.3 Å². The number of carbonyl (C=O) groups is 1. The van der Waals surface area contributed by atoms with Crippen molar-refractivity contribution >= 4 is 5.97 Å². The molecule has 2 aromatic rings. The highest BCUT2D eigenvalue weighted by molar-refractivity contribution is 5.69. The molecule has 0 saturated heterocycles. The first kappa shape index (κ1) is 16.9. The summed E-state index contributed by atoms with van der Waals surface area (Å²) in [5, 5.41) is 17.0. The third-order valence-electron chi connectivity index (χ3n) is 2.93. The van der Waals surface area contributed by atoms with Gasteiger partial charge in [0.2, 0.25) is 0 Å². The van der Waals surface area contributed by atoms with Crippen LogP contribution in [0.5, 0.6) is 0 Å². The zero-order valence-electron chi connectivity index (χ0n) is 12.2. The molecule has 2 rings (SSSR count). The summed E-state index contributed by atoms with van der Waals surface area (Å²) >= 11 is 0. The summed E-state index contributed by atoms with van der Waals surface area (Å²) < 4.78 is 45.6. The number of aromatic nitrogens is 3. The second kappa shape index (κ2) is 7.23. The van der Waals surface area contributed by atoms with Gasteiger partial charge in [0.1, 0.15) is 11.5 Å². The van der Waals surface area contributed by atoms with Crippen molar-refractivity contribution in [2.75, 3.05) is 6.61 Å². The molecule has 0 fully saturated rings. The summed E-state index contributed by atoms with van der Waals surface area (Å²) in [5.41, 5.74) is -0.278. The Hall–Kier alpha value is -2.42. The summed E-state index contributed by atoms with van der Waals surface area (Å²) in [7, 11) is 0. The van der Waals surface area contributed by atoms with Gasteiger partial charge < -0.3 is 9.84 Å². The zero-order chi connectivity index (χ0) is 17.0. The molecule has 0 spiro atoms.